The second-order valence-electron chi connectivity index (χ2n) is 5.28. The normalized spacial score (nSPS) is 18.9. The number of hydrogen-bond donors (Lipinski definition) is 2. The van der Waals surface area contributed by atoms with E-state index in [1.807, 2.05) is 0 Å². The molecule has 0 bridgehead atoms. The van der Waals surface area contributed by atoms with E-state index in [1.165, 1.54) is 0 Å². The van der Waals surface area contributed by atoms with Crippen molar-refractivity contribution in [1.82, 2.24) is 10.2 Å². The van der Waals surface area contributed by atoms with E-state index in [2.05, 4.69) is 5.32 Å². The molecular weight excluding hydrogens is 326 g/mol. The van der Waals surface area contributed by atoms with Gasteiger partial charge in [0.05, 0.1) is 23.8 Å². The molecular formula is C14H16F6N2O. The summed E-state index contributed by atoms with van der Waals surface area (Å²) in [6.45, 7) is 0.996. The second-order valence-corrected chi connectivity index (χ2v) is 5.28. The van der Waals surface area contributed by atoms with E-state index in [1.54, 1.807) is 4.90 Å². The highest BCUT2D eigenvalue weighted by Gasteiger charge is 2.39. The molecule has 1 aromatic carbocycles. The molecule has 9 heteroatoms. The van der Waals surface area contributed by atoms with Crippen LogP contribution >= 0.6 is 0 Å². The van der Waals surface area contributed by atoms with Crippen LogP contribution in [-0.4, -0.2) is 42.8 Å². The van der Waals surface area contributed by atoms with Gasteiger partial charge in [-0.05, 0) is 23.8 Å². The minimum Gasteiger partial charge on any atom is -0.394 e. The first-order chi connectivity index (χ1) is 10.6. The smallest absolute Gasteiger partial charge is 0.394 e. The third-order valence-corrected chi connectivity index (χ3v) is 3.81. The van der Waals surface area contributed by atoms with Gasteiger partial charge in [-0.25, -0.2) is 0 Å². The van der Waals surface area contributed by atoms with Crippen LogP contribution in [0.3, 0.4) is 0 Å². The number of halogens is 6. The molecule has 2 rings (SSSR count). The largest absolute Gasteiger partial charge is 0.416 e. The Morgan fingerprint density at radius 2 is 1.65 bits per heavy atom. The van der Waals surface area contributed by atoms with Gasteiger partial charge in [0.25, 0.3) is 0 Å². The third kappa shape index (κ3) is 4.15. The predicted molar refractivity (Wildman–Crippen MR) is 70.7 cm³/mol. The predicted octanol–water partition coefficient (Wildman–Crippen LogP) is 2.66. The lowest BCUT2D eigenvalue weighted by Gasteiger charge is -2.35. The van der Waals surface area contributed by atoms with E-state index in [0.717, 1.165) is 0 Å². The SMILES string of the molecule is OC[C@H](c1cc(C(F)(F)F)ccc1C(F)(F)F)N1CCNCC1. The summed E-state index contributed by atoms with van der Waals surface area (Å²) in [6, 6.07) is 0.212. The van der Waals surface area contributed by atoms with Gasteiger partial charge in [-0.1, -0.05) is 0 Å². The Balaban J connectivity index is 2.50. The van der Waals surface area contributed by atoms with Crippen LogP contribution in [0, 0.1) is 0 Å². The van der Waals surface area contributed by atoms with Gasteiger partial charge in [0, 0.05) is 26.2 Å². The maximum Gasteiger partial charge on any atom is 0.416 e. The number of rotatable bonds is 3. The van der Waals surface area contributed by atoms with Gasteiger partial charge in [0.2, 0.25) is 0 Å². The zero-order valence-corrected chi connectivity index (χ0v) is 12.0. The summed E-state index contributed by atoms with van der Waals surface area (Å²) >= 11 is 0. The molecule has 1 fully saturated rings. The molecule has 0 amide bonds. The van der Waals surface area contributed by atoms with Gasteiger partial charge in [0.1, 0.15) is 0 Å². The summed E-state index contributed by atoms with van der Waals surface area (Å²) in [5, 5.41) is 12.5. The van der Waals surface area contributed by atoms with Crippen molar-refractivity contribution >= 4 is 0 Å². The van der Waals surface area contributed by atoms with Crippen LogP contribution in [0.25, 0.3) is 0 Å². The van der Waals surface area contributed by atoms with Gasteiger partial charge < -0.3 is 10.4 Å². The first kappa shape index (κ1) is 18.0. The monoisotopic (exact) mass is 342 g/mol. The highest BCUT2D eigenvalue weighted by atomic mass is 19.4. The van der Waals surface area contributed by atoms with E-state index in [-0.39, 0.29) is 0 Å². The Kier molecular flexibility index (Phi) is 5.22. The van der Waals surface area contributed by atoms with Gasteiger partial charge >= 0.3 is 12.4 Å². The molecule has 0 aliphatic carbocycles. The Hall–Kier alpha value is -1.32. The maximum atomic E-state index is 13.1. The number of alkyl halides is 6. The fraction of sp³-hybridized carbons (Fsp3) is 0.571. The summed E-state index contributed by atoms with van der Waals surface area (Å²) in [7, 11) is 0. The molecule has 1 saturated heterocycles. The molecule has 23 heavy (non-hydrogen) atoms. The van der Waals surface area contributed by atoms with Crippen molar-refractivity contribution in [3.63, 3.8) is 0 Å². The Morgan fingerprint density at radius 3 is 2.13 bits per heavy atom. The van der Waals surface area contributed by atoms with Crippen molar-refractivity contribution in [3.05, 3.63) is 34.9 Å². The number of nitrogens with zero attached hydrogens (tertiary/aromatic N) is 1. The van der Waals surface area contributed by atoms with Gasteiger partial charge in [-0.3, -0.25) is 4.90 Å². The molecule has 1 aliphatic rings. The topological polar surface area (TPSA) is 35.5 Å². The fourth-order valence-corrected chi connectivity index (χ4v) is 2.68. The minimum atomic E-state index is -4.79. The molecule has 3 nitrogen and oxygen atoms in total. The second kappa shape index (κ2) is 6.66. The first-order valence-corrected chi connectivity index (χ1v) is 6.98. The average Bonchev–Trinajstić information content (AvgIpc) is 2.47. The minimum absolute atomic E-state index is 0.346. The maximum absolute atomic E-state index is 13.1. The van der Waals surface area contributed by atoms with Crippen molar-refractivity contribution in [1.29, 1.82) is 0 Å². The van der Waals surface area contributed by atoms with Gasteiger partial charge in [-0.2, -0.15) is 26.3 Å². The van der Waals surface area contributed by atoms with Crippen LogP contribution in [0.4, 0.5) is 26.3 Å². The lowest BCUT2D eigenvalue weighted by atomic mass is 9.95. The number of nitrogens with one attached hydrogen (secondary N) is 1. The number of piperazine rings is 1. The number of aliphatic hydroxyl groups excluding tert-OH is 1. The fourth-order valence-electron chi connectivity index (χ4n) is 2.68. The van der Waals surface area contributed by atoms with Crippen molar-refractivity contribution < 1.29 is 31.4 Å². The highest BCUT2D eigenvalue weighted by molar-refractivity contribution is 5.38. The van der Waals surface area contributed by atoms with Crippen LogP contribution < -0.4 is 5.32 Å². The summed E-state index contributed by atoms with van der Waals surface area (Å²) in [6.07, 6.45) is -9.54. The van der Waals surface area contributed by atoms with Crippen LogP contribution in [0.5, 0.6) is 0 Å². The Labute approximate surface area is 128 Å². The standard InChI is InChI=1S/C14H16F6N2O/c15-13(16,17)9-1-2-11(14(18,19)20)10(7-9)12(8-23)22-5-3-21-4-6-22/h1-2,7,12,21,23H,3-6,8H2/t12-/m1/s1. The molecule has 1 aliphatic heterocycles. The van der Waals surface area contributed by atoms with Crippen LogP contribution in [0.15, 0.2) is 18.2 Å². The Morgan fingerprint density at radius 1 is 1.04 bits per heavy atom. The molecule has 0 radical (unpaired) electrons. The van der Waals surface area contributed by atoms with E-state index in [4.69, 9.17) is 0 Å². The lowest BCUT2D eigenvalue weighted by molar-refractivity contribution is -0.142. The molecule has 2 N–H and O–H groups in total. The molecule has 0 aromatic heterocycles. The lowest BCUT2D eigenvalue weighted by Crippen LogP contribution is -2.46. The molecule has 0 spiro atoms. The van der Waals surface area contributed by atoms with Crippen molar-refractivity contribution in [2.24, 2.45) is 0 Å². The van der Waals surface area contributed by atoms with Crippen LogP contribution in [-0.2, 0) is 12.4 Å². The van der Waals surface area contributed by atoms with Crippen molar-refractivity contribution in [2.75, 3.05) is 32.8 Å². The summed E-state index contributed by atoms with van der Waals surface area (Å²) < 4.78 is 78.0. The van der Waals surface area contributed by atoms with Gasteiger partial charge in [-0.15, -0.1) is 0 Å². The quantitative estimate of drug-likeness (QED) is 0.829. The van der Waals surface area contributed by atoms with E-state index in [0.29, 0.717) is 44.4 Å². The molecule has 1 aromatic rings. The Bertz CT molecular complexity index is 537. The summed E-state index contributed by atoms with van der Waals surface area (Å²) in [5.74, 6) is 0. The molecule has 0 saturated carbocycles. The summed E-state index contributed by atoms with van der Waals surface area (Å²) in [5.41, 5.74) is -2.85. The number of aliphatic hydroxyl groups is 1. The third-order valence-electron chi connectivity index (χ3n) is 3.81. The zero-order chi connectivity index (χ0) is 17.3. The van der Waals surface area contributed by atoms with Crippen LogP contribution in [0.1, 0.15) is 22.7 Å². The highest BCUT2D eigenvalue weighted by Crippen LogP contribution is 2.39. The average molecular weight is 342 g/mol. The van der Waals surface area contributed by atoms with Gasteiger partial charge in [0.15, 0.2) is 0 Å². The van der Waals surface area contributed by atoms with E-state index >= 15 is 0 Å². The van der Waals surface area contributed by atoms with E-state index < -0.39 is 41.7 Å². The number of benzene rings is 1. The summed E-state index contributed by atoms with van der Waals surface area (Å²) in [4.78, 5) is 1.56. The van der Waals surface area contributed by atoms with Crippen LogP contribution in [0.2, 0.25) is 0 Å². The first-order valence-electron chi connectivity index (χ1n) is 6.98. The number of hydrogen-bond acceptors (Lipinski definition) is 3. The van der Waals surface area contributed by atoms with E-state index in [9.17, 15) is 31.4 Å². The molecule has 1 atom stereocenters. The zero-order valence-electron chi connectivity index (χ0n) is 12.0. The molecule has 0 unspecified atom stereocenters. The molecule has 130 valence electrons. The van der Waals surface area contributed by atoms with Crippen molar-refractivity contribution in [2.45, 2.75) is 18.4 Å². The molecule has 1 heterocycles. The van der Waals surface area contributed by atoms with Crippen molar-refractivity contribution in [3.8, 4) is 0 Å².